The highest BCUT2D eigenvalue weighted by Crippen LogP contribution is 2.26. The lowest BCUT2D eigenvalue weighted by Crippen LogP contribution is -2.12. The average molecular weight is 233 g/mol. The van der Waals surface area contributed by atoms with E-state index in [2.05, 4.69) is 9.97 Å². The molecule has 5 heteroatoms. The zero-order chi connectivity index (χ0) is 12.4. The number of aromatic amines is 1. The summed E-state index contributed by atoms with van der Waals surface area (Å²) >= 11 is 0. The second-order valence-corrected chi connectivity index (χ2v) is 3.98. The smallest absolute Gasteiger partial charge is 0.258 e. The number of nitrogens with one attached hydrogen (secondary N) is 1. The SMILES string of the molecule is CCC(C)Oc1cc2nc[nH]c(=O)c2cc1N. The molecule has 0 saturated carbocycles. The van der Waals surface area contributed by atoms with Crippen LogP contribution in [0.1, 0.15) is 20.3 Å². The predicted molar refractivity (Wildman–Crippen MR) is 67.2 cm³/mol. The van der Waals surface area contributed by atoms with E-state index >= 15 is 0 Å². The third-order valence-electron chi connectivity index (χ3n) is 2.68. The molecule has 0 bridgehead atoms. The first-order valence-corrected chi connectivity index (χ1v) is 5.55. The van der Waals surface area contributed by atoms with Crippen LogP contribution in [0, 0.1) is 0 Å². The van der Waals surface area contributed by atoms with E-state index in [1.807, 2.05) is 13.8 Å². The van der Waals surface area contributed by atoms with Gasteiger partial charge < -0.3 is 15.5 Å². The van der Waals surface area contributed by atoms with Crippen LogP contribution in [-0.4, -0.2) is 16.1 Å². The average Bonchev–Trinajstić information content (AvgIpc) is 2.31. The molecule has 1 aromatic heterocycles. The molecule has 0 aliphatic rings. The van der Waals surface area contributed by atoms with Crippen molar-refractivity contribution in [1.82, 2.24) is 9.97 Å². The molecule has 0 radical (unpaired) electrons. The van der Waals surface area contributed by atoms with Gasteiger partial charge in [0.15, 0.2) is 0 Å². The number of hydrogen-bond acceptors (Lipinski definition) is 4. The van der Waals surface area contributed by atoms with Crippen molar-refractivity contribution in [3.05, 3.63) is 28.8 Å². The van der Waals surface area contributed by atoms with Gasteiger partial charge in [0.1, 0.15) is 5.75 Å². The molecule has 1 atom stereocenters. The molecule has 0 saturated heterocycles. The summed E-state index contributed by atoms with van der Waals surface area (Å²) < 4.78 is 5.66. The number of anilines is 1. The second-order valence-electron chi connectivity index (χ2n) is 3.98. The molecule has 0 amide bonds. The van der Waals surface area contributed by atoms with Crippen molar-refractivity contribution < 1.29 is 4.74 Å². The van der Waals surface area contributed by atoms with Gasteiger partial charge >= 0.3 is 0 Å². The van der Waals surface area contributed by atoms with Crippen molar-refractivity contribution in [1.29, 1.82) is 0 Å². The number of fused-ring (bicyclic) bond motifs is 1. The molecular weight excluding hydrogens is 218 g/mol. The summed E-state index contributed by atoms with van der Waals surface area (Å²) in [5.41, 5.74) is 6.69. The quantitative estimate of drug-likeness (QED) is 0.790. The molecule has 0 aliphatic heterocycles. The third-order valence-corrected chi connectivity index (χ3v) is 2.68. The fourth-order valence-corrected chi connectivity index (χ4v) is 1.51. The van der Waals surface area contributed by atoms with Crippen LogP contribution in [0.5, 0.6) is 5.75 Å². The van der Waals surface area contributed by atoms with Gasteiger partial charge in [-0.25, -0.2) is 4.98 Å². The lowest BCUT2D eigenvalue weighted by atomic mass is 10.2. The highest BCUT2D eigenvalue weighted by molar-refractivity contribution is 5.84. The summed E-state index contributed by atoms with van der Waals surface area (Å²) in [6.07, 6.45) is 2.34. The fraction of sp³-hybridized carbons (Fsp3) is 0.333. The number of nitrogen functional groups attached to an aromatic ring is 1. The first-order valence-electron chi connectivity index (χ1n) is 5.55. The lowest BCUT2D eigenvalue weighted by Gasteiger charge is -2.14. The molecule has 0 fully saturated rings. The molecule has 2 rings (SSSR count). The maximum atomic E-state index is 11.5. The molecule has 1 heterocycles. The minimum absolute atomic E-state index is 0.0803. The van der Waals surface area contributed by atoms with E-state index in [9.17, 15) is 4.79 Å². The van der Waals surface area contributed by atoms with Crippen LogP contribution in [0.2, 0.25) is 0 Å². The second kappa shape index (κ2) is 4.45. The van der Waals surface area contributed by atoms with Crippen LogP contribution >= 0.6 is 0 Å². The van der Waals surface area contributed by atoms with Gasteiger partial charge in [-0.05, 0) is 19.4 Å². The Morgan fingerprint density at radius 3 is 3.00 bits per heavy atom. The van der Waals surface area contributed by atoms with Crippen molar-refractivity contribution in [2.45, 2.75) is 26.4 Å². The molecule has 5 nitrogen and oxygen atoms in total. The normalized spacial score (nSPS) is 12.6. The van der Waals surface area contributed by atoms with Crippen LogP contribution in [0.15, 0.2) is 23.3 Å². The number of benzene rings is 1. The highest BCUT2D eigenvalue weighted by Gasteiger charge is 2.09. The van der Waals surface area contributed by atoms with Gasteiger partial charge in [0.2, 0.25) is 0 Å². The summed E-state index contributed by atoms with van der Waals surface area (Å²) in [4.78, 5) is 18.1. The third kappa shape index (κ3) is 2.22. The summed E-state index contributed by atoms with van der Waals surface area (Å²) in [5, 5.41) is 0.474. The Morgan fingerprint density at radius 1 is 1.53 bits per heavy atom. The van der Waals surface area contributed by atoms with Gasteiger partial charge in [-0.2, -0.15) is 0 Å². The van der Waals surface area contributed by atoms with Crippen molar-refractivity contribution in [2.75, 3.05) is 5.73 Å². The number of aromatic nitrogens is 2. The van der Waals surface area contributed by atoms with Crippen LogP contribution < -0.4 is 16.0 Å². The number of rotatable bonds is 3. The molecule has 0 aliphatic carbocycles. The van der Waals surface area contributed by atoms with Gasteiger partial charge in [-0.15, -0.1) is 0 Å². The van der Waals surface area contributed by atoms with Crippen molar-refractivity contribution >= 4 is 16.6 Å². The molecule has 1 unspecified atom stereocenters. The number of nitrogens with two attached hydrogens (primary N) is 1. The maximum Gasteiger partial charge on any atom is 0.258 e. The van der Waals surface area contributed by atoms with Gasteiger partial charge in [0, 0.05) is 6.07 Å². The fourth-order valence-electron chi connectivity index (χ4n) is 1.51. The Kier molecular flexibility index (Phi) is 2.99. The maximum absolute atomic E-state index is 11.5. The largest absolute Gasteiger partial charge is 0.488 e. The van der Waals surface area contributed by atoms with E-state index in [4.69, 9.17) is 10.5 Å². The van der Waals surface area contributed by atoms with Gasteiger partial charge in [0.25, 0.3) is 5.56 Å². The monoisotopic (exact) mass is 233 g/mol. The molecule has 2 aromatic rings. The van der Waals surface area contributed by atoms with E-state index < -0.39 is 0 Å². The van der Waals surface area contributed by atoms with E-state index in [0.29, 0.717) is 22.3 Å². The molecular formula is C12H15N3O2. The molecule has 3 N–H and O–H groups in total. The highest BCUT2D eigenvalue weighted by atomic mass is 16.5. The standard InChI is InChI=1S/C12H15N3O2/c1-3-7(2)17-11-5-10-8(4-9(11)13)12(16)15-6-14-10/h4-7H,3,13H2,1-2H3,(H,14,15,16). The number of nitrogens with zero attached hydrogens (tertiary/aromatic N) is 1. The van der Waals surface area contributed by atoms with Crippen molar-refractivity contribution in [3.63, 3.8) is 0 Å². The zero-order valence-electron chi connectivity index (χ0n) is 9.86. The van der Waals surface area contributed by atoms with Crippen molar-refractivity contribution in [3.8, 4) is 5.75 Å². The predicted octanol–water partition coefficient (Wildman–Crippen LogP) is 1.68. The van der Waals surface area contributed by atoms with E-state index in [0.717, 1.165) is 6.42 Å². The van der Waals surface area contributed by atoms with E-state index in [1.54, 1.807) is 12.1 Å². The molecule has 17 heavy (non-hydrogen) atoms. The first kappa shape index (κ1) is 11.4. The Morgan fingerprint density at radius 2 is 2.29 bits per heavy atom. The van der Waals surface area contributed by atoms with Crippen LogP contribution in [0.25, 0.3) is 10.9 Å². The minimum atomic E-state index is -0.197. The summed E-state index contributed by atoms with van der Waals surface area (Å²) in [5.74, 6) is 0.574. The Hall–Kier alpha value is -2.04. The van der Waals surface area contributed by atoms with Crippen LogP contribution in [0.4, 0.5) is 5.69 Å². The van der Waals surface area contributed by atoms with Crippen LogP contribution in [0.3, 0.4) is 0 Å². The van der Waals surface area contributed by atoms with Gasteiger partial charge in [-0.3, -0.25) is 4.79 Å². The summed E-state index contributed by atoms with van der Waals surface area (Å²) in [7, 11) is 0. The molecule has 1 aromatic carbocycles. The molecule has 0 spiro atoms. The number of H-pyrrole nitrogens is 1. The number of ether oxygens (including phenoxy) is 1. The minimum Gasteiger partial charge on any atom is -0.488 e. The summed E-state index contributed by atoms with van der Waals surface area (Å²) in [6, 6.07) is 3.30. The van der Waals surface area contributed by atoms with E-state index in [1.165, 1.54) is 6.33 Å². The zero-order valence-corrected chi connectivity index (χ0v) is 9.86. The Bertz CT molecular complexity index is 592. The van der Waals surface area contributed by atoms with Gasteiger partial charge in [0.05, 0.1) is 29.0 Å². The summed E-state index contributed by atoms with van der Waals surface area (Å²) in [6.45, 7) is 4.00. The number of hydrogen-bond donors (Lipinski definition) is 2. The lowest BCUT2D eigenvalue weighted by molar-refractivity contribution is 0.219. The topological polar surface area (TPSA) is 81.0 Å². The molecule has 90 valence electrons. The first-order chi connectivity index (χ1) is 8.11. The Labute approximate surface area is 98.6 Å². The van der Waals surface area contributed by atoms with Crippen molar-refractivity contribution in [2.24, 2.45) is 0 Å². The van der Waals surface area contributed by atoms with Gasteiger partial charge in [-0.1, -0.05) is 6.92 Å². The van der Waals surface area contributed by atoms with E-state index in [-0.39, 0.29) is 11.7 Å². The Balaban J connectivity index is 2.52. The van der Waals surface area contributed by atoms with Crippen LogP contribution in [-0.2, 0) is 0 Å².